The Hall–Kier alpha value is -2.33. The summed E-state index contributed by atoms with van der Waals surface area (Å²) in [6.45, 7) is 4.34. The highest BCUT2D eigenvalue weighted by Gasteiger charge is 2.09. The molecule has 5 heteroatoms. The number of amides is 1. The minimum absolute atomic E-state index is 0.132. The summed E-state index contributed by atoms with van der Waals surface area (Å²) in [5.41, 5.74) is 1.98. The summed E-state index contributed by atoms with van der Waals surface area (Å²) in [5, 5.41) is 3.44. The summed E-state index contributed by atoms with van der Waals surface area (Å²) < 4.78 is 5.16. The van der Waals surface area contributed by atoms with Crippen LogP contribution in [0.2, 0.25) is 5.02 Å². The predicted octanol–water partition coefficient (Wildman–Crippen LogP) is 4.33. The molecule has 0 saturated carbocycles. The lowest BCUT2D eigenvalue weighted by Crippen LogP contribution is -2.14. The van der Waals surface area contributed by atoms with Crippen LogP contribution in [0.1, 0.15) is 29.8 Å². The second kappa shape index (κ2) is 8.50. The third-order valence-corrected chi connectivity index (χ3v) is 3.48. The number of carbonyl (C=O) groups excluding carboxylic acids is 2. The van der Waals surface area contributed by atoms with Crippen molar-refractivity contribution in [1.82, 2.24) is 0 Å². The van der Waals surface area contributed by atoms with Gasteiger partial charge in [0.25, 0.3) is 0 Å². The van der Waals surface area contributed by atoms with Crippen LogP contribution >= 0.6 is 11.6 Å². The van der Waals surface area contributed by atoms with Gasteiger partial charge in [0.2, 0.25) is 5.91 Å². The SMILES string of the molecule is CC(C)COC(=O)c1ccc(NC(=O)Cc2ccc(Cl)cc2)cc1. The van der Waals surface area contributed by atoms with E-state index in [0.717, 1.165) is 5.56 Å². The normalized spacial score (nSPS) is 10.5. The van der Waals surface area contributed by atoms with Gasteiger partial charge in [0.1, 0.15) is 0 Å². The number of hydrogen-bond donors (Lipinski definition) is 1. The number of rotatable bonds is 6. The van der Waals surface area contributed by atoms with Gasteiger partial charge in [-0.15, -0.1) is 0 Å². The van der Waals surface area contributed by atoms with Crippen molar-refractivity contribution < 1.29 is 14.3 Å². The quantitative estimate of drug-likeness (QED) is 0.792. The lowest BCUT2D eigenvalue weighted by atomic mass is 10.1. The molecule has 0 atom stereocenters. The molecule has 0 aromatic heterocycles. The zero-order chi connectivity index (χ0) is 17.5. The molecule has 126 valence electrons. The van der Waals surface area contributed by atoms with Crippen LogP contribution in [-0.4, -0.2) is 18.5 Å². The minimum Gasteiger partial charge on any atom is -0.462 e. The van der Waals surface area contributed by atoms with Gasteiger partial charge in [0.05, 0.1) is 18.6 Å². The topological polar surface area (TPSA) is 55.4 Å². The van der Waals surface area contributed by atoms with E-state index < -0.39 is 0 Å². The highest BCUT2D eigenvalue weighted by atomic mass is 35.5. The Morgan fingerprint density at radius 3 is 2.25 bits per heavy atom. The number of esters is 1. The third-order valence-electron chi connectivity index (χ3n) is 3.23. The van der Waals surface area contributed by atoms with Gasteiger partial charge in [0, 0.05) is 10.7 Å². The number of hydrogen-bond acceptors (Lipinski definition) is 3. The Balaban J connectivity index is 1.89. The molecule has 2 rings (SSSR count). The second-order valence-corrected chi connectivity index (χ2v) is 6.36. The first-order valence-electron chi connectivity index (χ1n) is 7.75. The molecule has 2 aromatic carbocycles. The maximum Gasteiger partial charge on any atom is 0.338 e. The first kappa shape index (κ1) is 18.0. The van der Waals surface area contributed by atoms with Crippen molar-refractivity contribution in [2.45, 2.75) is 20.3 Å². The van der Waals surface area contributed by atoms with Crippen LogP contribution in [0.25, 0.3) is 0 Å². The Morgan fingerprint density at radius 2 is 1.67 bits per heavy atom. The average Bonchev–Trinajstić information content (AvgIpc) is 2.55. The maximum atomic E-state index is 12.0. The molecular formula is C19H20ClNO3. The lowest BCUT2D eigenvalue weighted by molar-refractivity contribution is -0.115. The van der Waals surface area contributed by atoms with E-state index >= 15 is 0 Å². The van der Waals surface area contributed by atoms with Crippen LogP contribution in [0.4, 0.5) is 5.69 Å². The molecule has 1 amide bonds. The van der Waals surface area contributed by atoms with Crippen LogP contribution in [0, 0.1) is 5.92 Å². The fourth-order valence-electron chi connectivity index (χ4n) is 2.01. The van der Waals surface area contributed by atoms with Gasteiger partial charge in [-0.1, -0.05) is 37.6 Å². The van der Waals surface area contributed by atoms with E-state index in [9.17, 15) is 9.59 Å². The largest absolute Gasteiger partial charge is 0.462 e. The number of benzene rings is 2. The molecule has 0 fully saturated rings. The number of halogens is 1. The fourth-order valence-corrected chi connectivity index (χ4v) is 2.13. The standard InChI is InChI=1S/C19H20ClNO3/c1-13(2)12-24-19(23)15-5-9-17(10-6-15)21-18(22)11-14-3-7-16(20)8-4-14/h3-10,13H,11-12H2,1-2H3,(H,21,22). The molecule has 0 saturated heterocycles. The van der Waals surface area contributed by atoms with Crippen molar-refractivity contribution in [3.05, 3.63) is 64.7 Å². The molecule has 0 bridgehead atoms. The van der Waals surface area contributed by atoms with Crippen LogP contribution in [0.15, 0.2) is 48.5 Å². The van der Waals surface area contributed by atoms with E-state index in [1.807, 2.05) is 26.0 Å². The van der Waals surface area contributed by atoms with Crippen molar-refractivity contribution in [1.29, 1.82) is 0 Å². The average molecular weight is 346 g/mol. The Labute approximate surface area is 146 Å². The predicted molar refractivity (Wildman–Crippen MR) is 95.3 cm³/mol. The van der Waals surface area contributed by atoms with Crippen molar-refractivity contribution in [2.24, 2.45) is 5.92 Å². The van der Waals surface area contributed by atoms with Gasteiger partial charge in [-0.25, -0.2) is 4.79 Å². The number of carbonyl (C=O) groups is 2. The molecule has 0 aliphatic heterocycles. The van der Waals surface area contributed by atoms with Crippen LogP contribution < -0.4 is 5.32 Å². The molecule has 0 radical (unpaired) electrons. The molecule has 0 aliphatic rings. The van der Waals surface area contributed by atoms with Gasteiger partial charge in [-0.2, -0.15) is 0 Å². The third kappa shape index (κ3) is 5.70. The Bertz CT molecular complexity index is 694. The van der Waals surface area contributed by atoms with Gasteiger partial charge in [-0.05, 0) is 47.9 Å². The van der Waals surface area contributed by atoms with Crippen molar-refractivity contribution in [2.75, 3.05) is 11.9 Å². The van der Waals surface area contributed by atoms with Gasteiger partial charge in [-0.3, -0.25) is 4.79 Å². The molecule has 0 spiro atoms. The minimum atomic E-state index is -0.359. The highest BCUT2D eigenvalue weighted by molar-refractivity contribution is 6.30. The monoisotopic (exact) mass is 345 g/mol. The van der Waals surface area contributed by atoms with Gasteiger partial charge in [0.15, 0.2) is 0 Å². The molecule has 0 heterocycles. The first-order valence-corrected chi connectivity index (χ1v) is 8.13. The second-order valence-electron chi connectivity index (χ2n) is 5.92. The van der Waals surface area contributed by atoms with Crippen LogP contribution in [0.3, 0.4) is 0 Å². The molecule has 0 unspecified atom stereocenters. The van der Waals surface area contributed by atoms with Crippen molar-refractivity contribution >= 4 is 29.2 Å². The summed E-state index contributed by atoms with van der Waals surface area (Å²) in [6.07, 6.45) is 0.259. The van der Waals surface area contributed by atoms with E-state index in [0.29, 0.717) is 28.8 Å². The molecule has 0 aliphatic carbocycles. The van der Waals surface area contributed by atoms with Crippen molar-refractivity contribution in [3.8, 4) is 0 Å². The Kier molecular flexibility index (Phi) is 6.38. The first-order chi connectivity index (χ1) is 11.4. The van der Waals surface area contributed by atoms with E-state index in [4.69, 9.17) is 16.3 Å². The summed E-state index contributed by atoms with van der Waals surface area (Å²) >= 11 is 5.82. The van der Waals surface area contributed by atoms with E-state index in [2.05, 4.69) is 5.32 Å². The molecular weight excluding hydrogens is 326 g/mol. The fraction of sp³-hybridized carbons (Fsp3) is 0.263. The number of ether oxygens (including phenoxy) is 1. The molecule has 2 aromatic rings. The van der Waals surface area contributed by atoms with E-state index in [1.54, 1.807) is 36.4 Å². The van der Waals surface area contributed by atoms with Crippen LogP contribution in [-0.2, 0) is 16.0 Å². The molecule has 24 heavy (non-hydrogen) atoms. The number of nitrogens with one attached hydrogen (secondary N) is 1. The Morgan fingerprint density at radius 1 is 1.04 bits per heavy atom. The summed E-state index contributed by atoms with van der Waals surface area (Å²) in [7, 11) is 0. The van der Waals surface area contributed by atoms with Crippen LogP contribution in [0.5, 0.6) is 0 Å². The molecule has 4 nitrogen and oxygen atoms in total. The van der Waals surface area contributed by atoms with E-state index in [-0.39, 0.29) is 18.3 Å². The number of anilines is 1. The summed E-state index contributed by atoms with van der Waals surface area (Å²) in [6, 6.07) is 13.8. The smallest absolute Gasteiger partial charge is 0.338 e. The maximum absolute atomic E-state index is 12.0. The zero-order valence-electron chi connectivity index (χ0n) is 13.7. The van der Waals surface area contributed by atoms with Gasteiger partial charge >= 0.3 is 5.97 Å². The lowest BCUT2D eigenvalue weighted by Gasteiger charge is -2.08. The van der Waals surface area contributed by atoms with Crippen molar-refractivity contribution in [3.63, 3.8) is 0 Å². The molecule has 1 N–H and O–H groups in total. The van der Waals surface area contributed by atoms with Gasteiger partial charge < -0.3 is 10.1 Å². The highest BCUT2D eigenvalue weighted by Crippen LogP contribution is 2.13. The van der Waals surface area contributed by atoms with E-state index in [1.165, 1.54) is 0 Å². The summed E-state index contributed by atoms with van der Waals surface area (Å²) in [5.74, 6) is -0.199. The summed E-state index contributed by atoms with van der Waals surface area (Å²) in [4.78, 5) is 23.9. The zero-order valence-corrected chi connectivity index (χ0v) is 14.5.